The van der Waals surface area contributed by atoms with E-state index in [1.165, 1.54) is 0 Å². The lowest BCUT2D eigenvalue weighted by molar-refractivity contribution is -0.188. The van der Waals surface area contributed by atoms with Gasteiger partial charge in [0.25, 0.3) is 0 Å². The highest BCUT2D eigenvalue weighted by atomic mass is 16.5. The molecule has 3 saturated heterocycles. The van der Waals surface area contributed by atoms with Gasteiger partial charge in [-0.15, -0.1) is 0 Å². The number of carbonyl (C=O) groups is 2. The maximum Gasteiger partial charge on any atom is 0.311 e. The van der Waals surface area contributed by atoms with Gasteiger partial charge in [0.15, 0.2) is 0 Å². The molecule has 7 heteroatoms. The molecule has 0 spiro atoms. The first-order chi connectivity index (χ1) is 11.4. The van der Waals surface area contributed by atoms with Crippen LogP contribution in [0.1, 0.15) is 26.7 Å². The van der Waals surface area contributed by atoms with Gasteiger partial charge in [0.2, 0.25) is 0 Å². The van der Waals surface area contributed by atoms with Crippen molar-refractivity contribution in [2.75, 3.05) is 13.2 Å². The van der Waals surface area contributed by atoms with Crippen molar-refractivity contribution < 1.29 is 19.1 Å². The van der Waals surface area contributed by atoms with Crippen molar-refractivity contribution in [3.8, 4) is 0 Å². The van der Waals surface area contributed by atoms with Crippen LogP contribution in [0.15, 0.2) is 12.2 Å². The largest absolute Gasteiger partial charge is 0.466 e. The van der Waals surface area contributed by atoms with E-state index in [1.807, 2.05) is 6.92 Å². The van der Waals surface area contributed by atoms with Crippen molar-refractivity contribution in [2.24, 2.45) is 29.4 Å². The highest BCUT2D eigenvalue weighted by Crippen LogP contribution is 2.38. The van der Waals surface area contributed by atoms with Crippen LogP contribution in [-0.4, -0.2) is 43.5 Å². The van der Waals surface area contributed by atoms with Crippen LogP contribution in [-0.2, 0) is 19.1 Å². The second kappa shape index (κ2) is 6.92. The number of Topliss-reactive ketones (excluding diaryl/α,β-unsaturated/α-hetero) is 1. The molecule has 24 heavy (non-hydrogen) atoms. The summed E-state index contributed by atoms with van der Waals surface area (Å²) in [6, 6.07) is 0. The minimum absolute atomic E-state index is 0.142. The van der Waals surface area contributed by atoms with Crippen LogP contribution in [0.25, 0.3) is 0 Å². The maximum absolute atomic E-state index is 13.0. The Balaban J connectivity index is 1.74. The molecular weight excluding hydrogens is 310 g/mol. The number of hydrogen-bond acceptors (Lipinski definition) is 7. The molecule has 7 atom stereocenters. The van der Waals surface area contributed by atoms with Crippen LogP contribution in [0.4, 0.5) is 0 Å². The van der Waals surface area contributed by atoms with Crippen LogP contribution in [0, 0.1) is 23.7 Å². The quantitative estimate of drug-likeness (QED) is 0.496. The summed E-state index contributed by atoms with van der Waals surface area (Å²) in [6.45, 7) is 8.82. The standard InChI is InChI=1S/C17H27N3O4/c1-4-23-17(22)12-6-11-13(21)10-5-9(8(2)3)7-19-15(10)24-16(11)20-14(12)18/h9-12,14-16,19-20H,2,4-7,18H2,1,3H3. The SMILES string of the molecule is C=C(C)C1CNC2OC3NC(N)C(C(=O)OCC)CC3C(=O)C2C1. The number of piperidine rings is 2. The van der Waals surface area contributed by atoms with Crippen LogP contribution < -0.4 is 16.4 Å². The van der Waals surface area contributed by atoms with E-state index in [0.717, 1.165) is 18.5 Å². The van der Waals surface area contributed by atoms with E-state index in [1.54, 1.807) is 6.92 Å². The summed E-state index contributed by atoms with van der Waals surface area (Å²) < 4.78 is 11.1. The Kier molecular flexibility index (Phi) is 5.05. The lowest BCUT2D eigenvalue weighted by Gasteiger charge is -2.49. The number of esters is 1. The summed E-state index contributed by atoms with van der Waals surface area (Å²) >= 11 is 0. The molecule has 3 fully saturated rings. The van der Waals surface area contributed by atoms with E-state index >= 15 is 0 Å². The molecule has 0 amide bonds. The van der Waals surface area contributed by atoms with Gasteiger partial charge < -0.3 is 15.2 Å². The first-order valence-electron chi connectivity index (χ1n) is 8.68. The van der Waals surface area contributed by atoms with Gasteiger partial charge in [-0.1, -0.05) is 12.2 Å². The molecule has 4 N–H and O–H groups in total. The number of carbonyl (C=O) groups excluding carboxylic acids is 2. The van der Waals surface area contributed by atoms with Crippen molar-refractivity contribution in [1.82, 2.24) is 10.6 Å². The molecule has 134 valence electrons. The van der Waals surface area contributed by atoms with E-state index in [2.05, 4.69) is 17.2 Å². The second-order valence-electron chi connectivity index (χ2n) is 7.07. The third-order valence-electron chi connectivity index (χ3n) is 5.44. The number of fused-ring (bicyclic) bond motifs is 2. The van der Waals surface area contributed by atoms with Gasteiger partial charge in [-0.3, -0.25) is 20.2 Å². The molecule has 0 radical (unpaired) electrons. The Morgan fingerprint density at radius 2 is 2.08 bits per heavy atom. The zero-order valence-corrected chi connectivity index (χ0v) is 14.3. The van der Waals surface area contributed by atoms with E-state index in [-0.39, 0.29) is 35.7 Å². The average Bonchev–Trinajstić information content (AvgIpc) is 2.54. The molecule has 3 heterocycles. The predicted molar refractivity (Wildman–Crippen MR) is 87.4 cm³/mol. The zero-order valence-electron chi connectivity index (χ0n) is 14.3. The van der Waals surface area contributed by atoms with Crippen LogP contribution in [0.5, 0.6) is 0 Å². The van der Waals surface area contributed by atoms with Crippen molar-refractivity contribution in [3.63, 3.8) is 0 Å². The van der Waals surface area contributed by atoms with Gasteiger partial charge in [-0.25, -0.2) is 0 Å². The summed E-state index contributed by atoms with van der Waals surface area (Å²) in [5.41, 5.74) is 7.13. The Morgan fingerprint density at radius 3 is 2.75 bits per heavy atom. The topological polar surface area (TPSA) is 103 Å². The fourth-order valence-corrected chi connectivity index (χ4v) is 3.99. The normalized spacial score (nSPS) is 42.0. The van der Waals surface area contributed by atoms with Gasteiger partial charge in [0.1, 0.15) is 18.2 Å². The van der Waals surface area contributed by atoms with Crippen LogP contribution in [0.3, 0.4) is 0 Å². The Hall–Kier alpha value is -1.28. The number of rotatable bonds is 3. The van der Waals surface area contributed by atoms with E-state index in [9.17, 15) is 9.59 Å². The van der Waals surface area contributed by atoms with Gasteiger partial charge in [0.05, 0.1) is 30.5 Å². The first kappa shape index (κ1) is 17.5. The summed E-state index contributed by atoms with van der Waals surface area (Å²) in [7, 11) is 0. The molecule has 0 bridgehead atoms. The zero-order chi connectivity index (χ0) is 17.4. The van der Waals surface area contributed by atoms with Gasteiger partial charge in [-0.2, -0.15) is 0 Å². The Morgan fingerprint density at radius 1 is 1.38 bits per heavy atom. The smallest absolute Gasteiger partial charge is 0.311 e. The molecule has 7 unspecified atom stereocenters. The molecule has 0 aliphatic carbocycles. The first-order valence-corrected chi connectivity index (χ1v) is 8.68. The molecule has 0 aromatic carbocycles. The van der Waals surface area contributed by atoms with E-state index in [0.29, 0.717) is 13.0 Å². The van der Waals surface area contributed by atoms with Crippen molar-refractivity contribution in [3.05, 3.63) is 12.2 Å². The summed E-state index contributed by atoms with van der Waals surface area (Å²) in [5.74, 6) is -1.04. The maximum atomic E-state index is 13.0. The molecule has 3 aliphatic heterocycles. The van der Waals surface area contributed by atoms with Crippen molar-refractivity contribution in [1.29, 1.82) is 0 Å². The van der Waals surface area contributed by atoms with Crippen molar-refractivity contribution in [2.45, 2.75) is 45.3 Å². The van der Waals surface area contributed by atoms with E-state index < -0.39 is 18.3 Å². The molecule has 0 saturated carbocycles. The number of ether oxygens (including phenoxy) is 2. The third kappa shape index (κ3) is 3.13. The number of nitrogens with one attached hydrogen (secondary N) is 2. The van der Waals surface area contributed by atoms with Gasteiger partial charge >= 0.3 is 5.97 Å². The highest BCUT2D eigenvalue weighted by Gasteiger charge is 2.52. The molecule has 3 rings (SSSR count). The van der Waals surface area contributed by atoms with Crippen LogP contribution in [0.2, 0.25) is 0 Å². The lowest BCUT2D eigenvalue weighted by Crippen LogP contribution is -2.67. The van der Waals surface area contributed by atoms with E-state index in [4.69, 9.17) is 15.2 Å². The monoisotopic (exact) mass is 337 g/mol. The van der Waals surface area contributed by atoms with Gasteiger partial charge in [0, 0.05) is 6.54 Å². The van der Waals surface area contributed by atoms with Gasteiger partial charge in [-0.05, 0) is 32.6 Å². The highest BCUT2D eigenvalue weighted by molar-refractivity contribution is 5.86. The summed E-state index contributed by atoms with van der Waals surface area (Å²) in [4.78, 5) is 25.1. The predicted octanol–water partition coefficient (Wildman–Crippen LogP) is 0.113. The number of hydrogen-bond donors (Lipinski definition) is 3. The molecular formula is C17H27N3O4. The number of nitrogens with two attached hydrogens (primary N) is 1. The Bertz CT molecular complexity index is 538. The minimum atomic E-state index is -0.568. The number of ketones is 1. The summed E-state index contributed by atoms with van der Waals surface area (Å²) in [5, 5.41) is 6.39. The summed E-state index contributed by atoms with van der Waals surface area (Å²) in [6.07, 6.45) is -0.203. The third-order valence-corrected chi connectivity index (χ3v) is 5.44. The lowest BCUT2D eigenvalue weighted by atomic mass is 9.73. The average molecular weight is 337 g/mol. The minimum Gasteiger partial charge on any atom is -0.466 e. The fraction of sp³-hybridized carbons (Fsp3) is 0.765. The Labute approximate surface area is 142 Å². The molecule has 0 aromatic heterocycles. The molecule has 0 aromatic rings. The van der Waals surface area contributed by atoms with Crippen LogP contribution >= 0.6 is 0 Å². The fourth-order valence-electron chi connectivity index (χ4n) is 3.99. The second-order valence-corrected chi connectivity index (χ2v) is 7.07. The molecule has 7 nitrogen and oxygen atoms in total. The van der Waals surface area contributed by atoms with Crippen molar-refractivity contribution >= 4 is 11.8 Å². The molecule has 3 aliphatic rings.